The topological polar surface area (TPSA) is 83.8 Å². The van der Waals surface area contributed by atoms with Gasteiger partial charge in [-0.1, -0.05) is 24.3 Å². The van der Waals surface area contributed by atoms with E-state index in [0.29, 0.717) is 11.3 Å². The van der Waals surface area contributed by atoms with E-state index in [2.05, 4.69) is 0 Å². The molecule has 0 bridgehead atoms. The molecule has 0 aliphatic rings. The minimum Gasteiger partial charge on any atom is -0.486 e. The summed E-state index contributed by atoms with van der Waals surface area (Å²) in [5.74, 6) is -0.617. The van der Waals surface area contributed by atoms with E-state index in [1.807, 2.05) is 0 Å². The van der Waals surface area contributed by atoms with Gasteiger partial charge in [-0.25, -0.2) is 4.79 Å². The lowest BCUT2D eigenvalue weighted by molar-refractivity contribution is -0.120. The number of rotatable bonds is 7. The zero-order chi connectivity index (χ0) is 15.9. The molecule has 0 amide bonds. The summed E-state index contributed by atoms with van der Waals surface area (Å²) in [5.41, 5.74) is 1.57. The molecule has 2 N–H and O–H groups in total. The fourth-order valence-electron chi connectivity index (χ4n) is 1.95. The van der Waals surface area contributed by atoms with Crippen molar-refractivity contribution in [2.75, 3.05) is 6.61 Å². The molecule has 0 spiro atoms. The Morgan fingerprint density at radius 3 is 2.36 bits per heavy atom. The summed E-state index contributed by atoms with van der Waals surface area (Å²) < 4.78 is 5.37. The van der Waals surface area contributed by atoms with Crippen molar-refractivity contribution in [1.82, 2.24) is 0 Å². The summed E-state index contributed by atoms with van der Waals surface area (Å²) in [5, 5.41) is 17.8. The van der Waals surface area contributed by atoms with Crippen molar-refractivity contribution in [3.8, 4) is 5.75 Å². The summed E-state index contributed by atoms with van der Waals surface area (Å²) in [7, 11) is 0. The van der Waals surface area contributed by atoms with Crippen LogP contribution in [0, 0.1) is 0 Å². The van der Waals surface area contributed by atoms with Crippen molar-refractivity contribution in [2.24, 2.45) is 0 Å². The number of benzene rings is 2. The fraction of sp³-hybridized carbons (Fsp3) is 0.176. The van der Waals surface area contributed by atoms with Crippen LogP contribution in [0.25, 0.3) is 0 Å². The zero-order valence-electron chi connectivity index (χ0n) is 11.9. The Hall–Kier alpha value is -2.66. The lowest BCUT2D eigenvalue weighted by Crippen LogP contribution is -2.14. The molecule has 0 aromatic heterocycles. The second-order valence-corrected chi connectivity index (χ2v) is 4.81. The van der Waals surface area contributed by atoms with Crippen LogP contribution in [0.1, 0.15) is 21.5 Å². The third-order valence-electron chi connectivity index (χ3n) is 3.08. The molecule has 22 heavy (non-hydrogen) atoms. The van der Waals surface area contributed by atoms with Gasteiger partial charge in [0.15, 0.2) is 5.78 Å². The summed E-state index contributed by atoms with van der Waals surface area (Å²) in [4.78, 5) is 22.8. The fourth-order valence-corrected chi connectivity index (χ4v) is 1.95. The second kappa shape index (κ2) is 7.38. The number of hydrogen-bond acceptors (Lipinski definition) is 4. The van der Waals surface area contributed by atoms with Crippen LogP contribution < -0.4 is 4.74 Å². The number of carbonyl (C=O) groups excluding carboxylic acids is 1. The first kappa shape index (κ1) is 15.7. The Labute approximate surface area is 127 Å². The molecular formula is C17H16O5. The van der Waals surface area contributed by atoms with Gasteiger partial charge < -0.3 is 14.9 Å². The maximum absolute atomic E-state index is 11.9. The highest BCUT2D eigenvalue weighted by Crippen LogP contribution is 2.12. The minimum absolute atomic E-state index is 0.0425. The van der Waals surface area contributed by atoms with Crippen molar-refractivity contribution < 1.29 is 24.5 Å². The van der Waals surface area contributed by atoms with Crippen LogP contribution in [0.15, 0.2) is 48.5 Å². The summed E-state index contributed by atoms with van der Waals surface area (Å²) >= 11 is 0. The highest BCUT2D eigenvalue weighted by molar-refractivity contribution is 5.88. The molecule has 2 aromatic carbocycles. The van der Waals surface area contributed by atoms with Gasteiger partial charge in [0, 0.05) is 6.42 Å². The van der Waals surface area contributed by atoms with Gasteiger partial charge >= 0.3 is 5.97 Å². The first-order valence-electron chi connectivity index (χ1n) is 6.75. The van der Waals surface area contributed by atoms with E-state index < -0.39 is 5.97 Å². The monoisotopic (exact) mass is 300 g/mol. The number of carbonyl (C=O) groups is 2. The minimum atomic E-state index is -1.02. The molecule has 0 fully saturated rings. The van der Waals surface area contributed by atoms with E-state index >= 15 is 0 Å². The normalized spacial score (nSPS) is 10.2. The van der Waals surface area contributed by atoms with Gasteiger partial charge in [0.25, 0.3) is 0 Å². The number of aromatic carboxylic acids is 1. The summed E-state index contributed by atoms with van der Waals surface area (Å²) in [6.45, 7) is -0.130. The second-order valence-electron chi connectivity index (χ2n) is 4.81. The molecule has 0 heterocycles. The molecular weight excluding hydrogens is 284 g/mol. The number of Topliss-reactive ketones (excluding diaryl/α,β-unsaturated/α-hetero) is 1. The number of carboxylic acid groups (broad SMARTS) is 1. The van der Waals surface area contributed by atoms with Crippen molar-refractivity contribution in [3.05, 3.63) is 65.2 Å². The van der Waals surface area contributed by atoms with Gasteiger partial charge in [-0.15, -0.1) is 0 Å². The molecule has 5 nitrogen and oxygen atoms in total. The molecule has 0 unspecified atom stereocenters. The predicted molar refractivity (Wildman–Crippen MR) is 80.0 cm³/mol. The Morgan fingerprint density at radius 1 is 1.00 bits per heavy atom. The first-order chi connectivity index (χ1) is 10.6. The largest absolute Gasteiger partial charge is 0.486 e. The number of aliphatic hydroxyl groups is 1. The van der Waals surface area contributed by atoms with Gasteiger partial charge in [-0.3, -0.25) is 4.79 Å². The Balaban J connectivity index is 1.89. The Bertz CT molecular complexity index is 661. The maximum atomic E-state index is 11.9. The highest BCUT2D eigenvalue weighted by atomic mass is 16.5. The van der Waals surface area contributed by atoms with E-state index in [1.165, 1.54) is 12.1 Å². The number of hydrogen-bond donors (Lipinski definition) is 2. The van der Waals surface area contributed by atoms with Crippen LogP contribution in [-0.4, -0.2) is 28.6 Å². The maximum Gasteiger partial charge on any atom is 0.335 e. The molecule has 5 heteroatoms. The molecule has 2 rings (SSSR count). The zero-order valence-corrected chi connectivity index (χ0v) is 11.9. The number of aliphatic hydroxyl groups excluding tert-OH is 1. The van der Waals surface area contributed by atoms with Crippen molar-refractivity contribution in [3.63, 3.8) is 0 Å². The van der Waals surface area contributed by atoms with E-state index in [4.69, 9.17) is 14.9 Å². The highest BCUT2D eigenvalue weighted by Gasteiger charge is 2.08. The predicted octanol–water partition coefficient (Wildman–Crippen LogP) is 2.07. The number of ketones is 1. The standard InChI is InChI=1S/C17H16O5/c18-10-12-4-6-16(7-5-12)22-11-15(19)9-13-2-1-3-14(8-13)17(20)21/h1-8,18H,9-11H2,(H,20,21). The SMILES string of the molecule is O=C(COc1ccc(CO)cc1)Cc1cccc(C(=O)O)c1. The van der Waals surface area contributed by atoms with Crippen LogP contribution in [0.5, 0.6) is 5.75 Å². The van der Waals surface area contributed by atoms with Crippen molar-refractivity contribution in [1.29, 1.82) is 0 Å². The van der Waals surface area contributed by atoms with Crippen molar-refractivity contribution >= 4 is 11.8 Å². The quantitative estimate of drug-likeness (QED) is 0.817. The lowest BCUT2D eigenvalue weighted by atomic mass is 10.1. The van der Waals surface area contributed by atoms with E-state index in [1.54, 1.807) is 36.4 Å². The lowest BCUT2D eigenvalue weighted by Gasteiger charge is -2.06. The van der Waals surface area contributed by atoms with E-state index in [0.717, 1.165) is 5.56 Å². The van der Waals surface area contributed by atoms with Gasteiger partial charge in [-0.2, -0.15) is 0 Å². The van der Waals surface area contributed by atoms with Gasteiger partial charge in [0.1, 0.15) is 12.4 Å². The Morgan fingerprint density at radius 2 is 1.73 bits per heavy atom. The average molecular weight is 300 g/mol. The van der Waals surface area contributed by atoms with Crippen LogP contribution in [0.2, 0.25) is 0 Å². The van der Waals surface area contributed by atoms with Gasteiger partial charge in [0.05, 0.1) is 12.2 Å². The van der Waals surface area contributed by atoms with Crippen LogP contribution in [0.3, 0.4) is 0 Å². The number of carboxylic acids is 1. The van der Waals surface area contributed by atoms with Gasteiger partial charge in [-0.05, 0) is 35.4 Å². The van der Waals surface area contributed by atoms with Gasteiger partial charge in [0.2, 0.25) is 0 Å². The average Bonchev–Trinajstić information content (AvgIpc) is 2.53. The van der Waals surface area contributed by atoms with E-state index in [9.17, 15) is 9.59 Å². The number of ether oxygens (including phenoxy) is 1. The van der Waals surface area contributed by atoms with E-state index in [-0.39, 0.29) is 31.0 Å². The Kier molecular flexibility index (Phi) is 5.27. The molecule has 0 aliphatic carbocycles. The molecule has 0 radical (unpaired) electrons. The molecule has 0 saturated carbocycles. The first-order valence-corrected chi connectivity index (χ1v) is 6.75. The van der Waals surface area contributed by atoms with Crippen LogP contribution in [0.4, 0.5) is 0 Å². The smallest absolute Gasteiger partial charge is 0.335 e. The van der Waals surface area contributed by atoms with Crippen LogP contribution >= 0.6 is 0 Å². The molecule has 114 valence electrons. The molecule has 0 atom stereocenters. The van der Waals surface area contributed by atoms with Crippen LogP contribution in [-0.2, 0) is 17.8 Å². The third kappa shape index (κ3) is 4.43. The molecule has 2 aromatic rings. The molecule has 0 saturated heterocycles. The van der Waals surface area contributed by atoms with Crippen molar-refractivity contribution in [2.45, 2.75) is 13.0 Å². The third-order valence-corrected chi connectivity index (χ3v) is 3.08. The summed E-state index contributed by atoms with van der Waals surface area (Å²) in [6, 6.07) is 13.1. The summed E-state index contributed by atoms with van der Waals surface area (Å²) in [6.07, 6.45) is 0.121. The molecule has 0 aliphatic heterocycles.